The van der Waals surface area contributed by atoms with E-state index in [1.54, 1.807) is 44.4 Å². The van der Waals surface area contributed by atoms with E-state index < -0.39 is 0 Å². The van der Waals surface area contributed by atoms with Gasteiger partial charge in [-0.25, -0.2) is 0 Å². The van der Waals surface area contributed by atoms with Crippen LogP contribution in [0.25, 0.3) is 0 Å². The lowest BCUT2D eigenvalue weighted by molar-refractivity contribution is -0.135. The smallest absolute Gasteiger partial charge is 0.225 e. The van der Waals surface area contributed by atoms with Crippen LogP contribution in [0.3, 0.4) is 0 Å². The van der Waals surface area contributed by atoms with Crippen LogP contribution in [0, 0.1) is 5.92 Å². The molecule has 1 aliphatic heterocycles. The maximum Gasteiger partial charge on any atom is 0.225 e. The summed E-state index contributed by atoms with van der Waals surface area (Å²) in [5.74, 6) is 0.800. The van der Waals surface area contributed by atoms with E-state index in [0.29, 0.717) is 17.2 Å². The molecule has 1 saturated heterocycles. The maximum absolute atomic E-state index is 12.3. The molecule has 0 aliphatic carbocycles. The van der Waals surface area contributed by atoms with Crippen LogP contribution in [0.4, 0.5) is 5.69 Å². The van der Waals surface area contributed by atoms with Crippen molar-refractivity contribution in [1.82, 2.24) is 4.90 Å². The number of rotatable bonds is 5. The summed E-state index contributed by atoms with van der Waals surface area (Å²) in [4.78, 5) is 26.3. The summed E-state index contributed by atoms with van der Waals surface area (Å²) in [6.45, 7) is 0.765. The van der Waals surface area contributed by atoms with E-state index >= 15 is 0 Å². The van der Waals surface area contributed by atoms with E-state index in [1.807, 2.05) is 0 Å². The van der Waals surface area contributed by atoms with Gasteiger partial charge in [0, 0.05) is 32.0 Å². The standard InChI is InChI=1S/C17H24N2O4/c1-19-9-5-4-6-12(17(19)21)10-16(20)18-14-11-13(22-2)7-8-15(14)23-3/h7-8,11-12H,4-6,9-10H2,1-3H3,(H,18,20). The summed E-state index contributed by atoms with van der Waals surface area (Å²) < 4.78 is 10.4. The first kappa shape index (κ1) is 17.1. The molecule has 1 atom stereocenters. The number of hydrogen-bond acceptors (Lipinski definition) is 4. The molecule has 1 heterocycles. The molecule has 1 unspecified atom stereocenters. The highest BCUT2D eigenvalue weighted by Gasteiger charge is 2.27. The fourth-order valence-corrected chi connectivity index (χ4v) is 2.81. The second kappa shape index (κ2) is 7.85. The normalized spacial score (nSPS) is 18.3. The molecule has 126 valence electrons. The van der Waals surface area contributed by atoms with E-state index in [9.17, 15) is 9.59 Å². The molecule has 2 rings (SSSR count). The molecule has 1 N–H and O–H groups in total. The van der Waals surface area contributed by atoms with Gasteiger partial charge in [-0.05, 0) is 25.0 Å². The van der Waals surface area contributed by atoms with Crippen molar-refractivity contribution in [3.8, 4) is 11.5 Å². The number of ether oxygens (including phenoxy) is 2. The lowest BCUT2D eigenvalue weighted by atomic mass is 9.98. The summed E-state index contributed by atoms with van der Waals surface area (Å²) in [6, 6.07) is 5.20. The Morgan fingerprint density at radius 2 is 2.09 bits per heavy atom. The number of likely N-dealkylation sites (tertiary alicyclic amines) is 1. The second-order valence-corrected chi connectivity index (χ2v) is 5.77. The summed E-state index contributed by atoms with van der Waals surface area (Å²) in [7, 11) is 4.90. The van der Waals surface area contributed by atoms with Gasteiger partial charge in [0.15, 0.2) is 0 Å². The lowest BCUT2D eigenvalue weighted by Crippen LogP contribution is -2.33. The highest BCUT2D eigenvalue weighted by atomic mass is 16.5. The number of benzene rings is 1. The summed E-state index contributed by atoms with van der Waals surface area (Å²) in [5, 5.41) is 2.82. The van der Waals surface area contributed by atoms with Crippen molar-refractivity contribution in [3.63, 3.8) is 0 Å². The van der Waals surface area contributed by atoms with E-state index in [4.69, 9.17) is 9.47 Å². The van der Waals surface area contributed by atoms with Crippen LogP contribution >= 0.6 is 0 Å². The van der Waals surface area contributed by atoms with Gasteiger partial charge in [-0.2, -0.15) is 0 Å². The molecule has 0 spiro atoms. The molecule has 23 heavy (non-hydrogen) atoms. The Bertz CT molecular complexity index is 574. The average molecular weight is 320 g/mol. The van der Waals surface area contributed by atoms with Gasteiger partial charge >= 0.3 is 0 Å². The number of hydrogen-bond donors (Lipinski definition) is 1. The van der Waals surface area contributed by atoms with Crippen LogP contribution in [0.15, 0.2) is 18.2 Å². The first-order chi connectivity index (χ1) is 11.0. The fourth-order valence-electron chi connectivity index (χ4n) is 2.81. The van der Waals surface area contributed by atoms with Crippen molar-refractivity contribution in [2.45, 2.75) is 25.7 Å². The van der Waals surface area contributed by atoms with E-state index in [1.165, 1.54) is 0 Å². The van der Waals surface area contributed by atoms with E-state index in [0.717, 1.165) is 25.8 Å². The van der Waals surface area contributed by atoms with Crippen LogP contribution in [-0.2, 0) is 9.59 Å². The van der Waals surface area contributed by atoms with Crippen LogP contribution in [0.1, 0.15) is 25.7 Å². The molecule has 0 saturated carbocycles. The maximum atomic E-state index is 12.3. The molecule has 1 aromatic carbocycles. The third-order valence-electron chi connectivity index (χ3n) is 4.13. The molecule has 0 bridgehead atoms. The monoisotopic (exact) mass is 320 g/mol. The predicted molar refractivity (Wildman–Crippen MR) is 87.8 cm³/mol. The Balaban J connectivity index is 2.05. The van der Waals surface area contributed by atoms with E-state index in [-0.39, 0.29) is 24.2 Å². The number of amides is 2. The Morgan fingerprint density at radius 1 is 1.30 bits per heavy atom. The van der Waals surface area contributed by atoms with Crippen molar-refractivity contribution >= 4 is 17.5 Å². The third-order valence-corrected chi connectivity index (χ3v) is 4.13. The third kappa shape index (κ3) is 4.37. The topological polar surface area (TPSA) is 67.9 Å². The van der Waals surface area contributed by atoms with Crippen molar-refractivity contribution in [2.75, 3.05) is 33.1 Å². The number of nitrogens with zero attached hydrogens (tertiary/aromatic N) is 1. The van der Waals surface area contributed by atoms with Gasteiger partial charge in [-0.1, -0.05) is 6.42 Å². The van der Waals surface area contributed by atoms with Crippen molar-refractivity contribution in [2.24, 2.45) is 5.92 Å². The van der Waals surface area contributed by atoms with Gasteiger partial charge in [0.2, 0.25) is 11.8 Å². The van der Waals surface area contributed by atoms with E-state index in [2.05, 4.69) is 5.32 Å². The van der Waals surface area contributed by atoms with Crippen LogP contribution in [0.5, 0.6) is 11.5 Å². The SMILES string of the molecule is COc1ccc(OC)c(NC(=O)CC2CCCCN(C)C2=O)c1. The van der Waals surface area contributed by atoms with Gasteiger partial charge in [-0.15, -0.1) is 0 Å². The zero-order chi connectivity index (χ0) is 16.8. The minimum Gasteiger partial charge on any atom is -0.497 e. The molecule has 2 amide bonds. The number of carbonyl (C=O) groups is 2. The molecule has 1 aromatic rings. The summed E-state index contributed by atoms with van der Waals surface area (Å²) in [6.07, 6.45) is 2.90. The molecular formula is C17H24N2O4. The van der Waals surface area contributed by atoms with Crippen molar-refractivity contribution < 1.29 is 19.1 Å². The zero-order valence-corrected chi connectivity index (χ0v) is 13.9. The van der Waals surface area contributed by atoms with Gasteiger partial charge in [0.25, 0.3) is 0 Å². The molecule has 1 aliphatic rings. The Morgan fingerprint density at radius 3 is 2.78 bits per heavy atom. The largest absolute Gasteiger partial charge is 0.497 e. The second-order valence-electron chi connectivity index (χ2n) is 5.77. The Hall–Kier alpha value is -2.24. The minimum atomic E-state index is -0.251. The zero-order valence-electron chi connectivity index (χ0n) is 13.9. The quantitative estimate of drug-likeness (QED) is 0.904. The fraction of sp³-hybridized carbons (Fsp3) is 0.529. The Kier molecular flexibility index (Phi) is 5.84. The number of carbonyl (C=O) groups excluding carboxylic acids is 2. The number of methoxy groups -OCH3 is 2. The highest BCUT2D eigenvalue weighted by molar-refractivity contribution is 5.95. The molecular weight excluding hydrogens is 296 g/mol. The lowest BCUT2D eigenvalue weighted by Gasteiger charge is -2.19. The van der Waals surface area contributed by atoms with Gasteiger partial charge < -0.3 is 19.7 Å². The van der Waals surface area contributed by atoms with Crippen LogP contribution < -0.4 is 14.8 Å². The van der Waals surface area contributed by atoms with Gasteiger partial charge in [0.1, 0.15) is 11.5 Å². The van der Waals surface area contributed by atoms with Crippen LogP contribution in [-0.4, -0.2) is 44.5 Å². The van der Waals surface area contributed by atoms with Gasteiger partial charge in [-0.3, -0.25) is 9.59 Å². The Labute approximate surface area is 136 Å². The predicted octanol–water partition coefficient (Wildman–Crippen LogP) is 2.29. The summed E-state index contributed by atoms with van der Waals surface area (Å²) in [5.41, 5.74) is 0.547. The number of nitrogens with one attached hydrogen (secondary N) is 1. The van der Waals surface area contributed by atoms with Gasteiger partial charge in [0.05, 0.1) is 19.9 Å². The molecule has 1 fully saturated rings. The molecule has 0 aromatic heterocycles. The first-order valence-corrected chi connectivity index (χ1v) is 7.82. The van der Waals surface area contributed by atoms with Crippen LogP contribution in [0.2, 0.25) is 0 Å². The molecule has 6 heteroatoms. The minimum absolute atomic E-state index is 0.0512. The average Bonchev–Trinajstić information content (AvgIpc) is 2.70. The van der Waals surface area contributed by atoms with Crippen molar-refractivity contribution in [3.05, 3.63) is 18.2 Å². The molecule has 0 radical (unpaired) electrons. The first-order valence-electron chi connectivity index (χ1n) is 7.82. The molecule has 6 nitrogen and oxygen atoms in total. The number of anilines is 1. The summed E-state index contributed by atoms with van der Waals surface area (Å²) >= 11 is 0. The highest BCUT2D eigenvalue weighted by Crippen LogP contribution is 2.29. The van der Waals surface area contributed by atoms with Crippen molar-refractivity contribution in [1.29, 1.82) is 0 Å².